The van der Waals surface area contributed by atoms with Gasteiger partial charge in [-0.3, -0.25) is 0 Å². The van der Waals surface area contributed by atoms with Gasteiger partial charge in [0, 0.05) is 0 Å². The van der Waals surface area contributed by atoms with Crippen molar-refractivity contribution in [3.05, 3.63) is 0 Å². The summed E-state index contributed by atoms with van der Waals surface area (Å²) in [6.07, 6.45) is -7.69. The van der Waals surface area contributed by atoms with E-state index < -0.39 is 52.1 Å². The molecule has 0 rings (SSSR count). The van der Waals surface area contributed by atoms with Gasteiger partial charge in [-0.05, 0) is 0 Å². The van der Waals surface area contributed by atoms with Crippen molar-refractivity contribution in [2.75, 3.05) is 0 Å². The predicted octanol–water partition coefficient (Wildman–Crippen LogP) is 1.54. The molecule has 1 unspecified atom stereocenters. The molecule has 2 nitrogen and oxygen atoms in total. The van der Waals surface area contributed by atoms with Crippen LogP contribution >= 0.6 is 0 Å². The van der Waals surface area contributed by atoms with Gasteiger partial charge in [-0.25, -0.2) is 4.21 Å². The normalized spacial score (nSPS) is 16.9. The summed E-state index contributed by atoms with van der Waals surface area (Å²) in [6.45, 7) is 0. The molecule has 1 N–H and O–H groups in total. The Hall–Kier alpha value is 0.0600. The van der Waals surface area contributed by atoms with E-state index in [0.29, 0.717) is 0 Å². The number of hydrogen-bond donors (Lipinski definition) is 1. The number of hydrogen-bond acceptors (Lipinski definition) is 1. The molecule has 0 aliphatic heterocycles. The quantitative estimate of drug-likeness (QED) is 0.374. The van der Waals surface area contributed by atoms with Crippen LogP contribution < -0.4 is 29.6 Å². The second-order valence-corrected chi connectivity index (χ2v) is 5.15. The summed E-state index contributed by atoms with van der Waals surface area (Å²) in [7, 11) is 0. The van der Waals surface area contributed by atoms with Crippen LogP contribution in [0.3, 0.4) is 0 Å². The molecule has 0 saturated heterocycles. The third kappa shape index (κ3) is 3.55. The fraction of sp³-hybridized carbons (Fsp3) is 1.00. The Morgan fingerprint density at radius 2 is 0.731 bits per heavy atom. The van der Waals surface area contributed by atoms with Crippen molar-refractivity contribution in [2.45, 2.75) is 41.0 Å². The van der Waals surface area contributed by atoms with Crippen LogP contribution in [-0.4, -0.2) is 49.8 Å². The van der Waals surface area contributed by atoms with E-state index in [2.05, 4.69) is 0 Å². The molecule has 0 aliphatic carbocycles. The van der Waals surface area contributed by atoms with Crippen molar-refractivity contribution in [2.24, 2.45) is 0 Å². The molecule has 0 fully saturated rings. The molecule has 0 aromatic rings. The molecule has 1 atom stereocenters. The van der Waals surface area contributed by atoms with Crippen LogP contribution in [0, 0.1) is 0 Å². The van der Waals surface area contributed by atoms with Crippen LogP contribution in [0.2, 0.25) is 0 Å². The summed E-state index contributed by atoms with van der Waals surface area (Å²) in [5.74, 6) is -41.2. The minimum absolute atomic E-state index is 0. The van der Waals surface area contributed by atoms with E-state index in [1.54, 1.807) is 0 Å². The van der Waals surface area contributed by atoms with Crippen molar-refractivity contribution < 1.29 is 104 Å². The van der Waals surface area contributed by atoms with Gasteiger partial charge in [0.1, 0.15) is 0 Å². The van der Waals surface area contributed by atoms with E-state index in [9.17, 15) is 70.1 Å². The predicted molar refractivity (Wildman–Crippen MR) is 46.5 cm³/mol. The van der Waals surface area contributed by atoms with Gasteiger partial charge in [0.2, 0.25) is 11.1 Å². The van der Waals surface area contributed by atoms with Crippen LogP contribution in [0.1, 0.15) is 0 Å². The van der Waals surface area contributed by atoms with Crippen LogP contribution in [0.25, 0.3) is 0 Å². The maximum Gasteiger partial charge on any atom is 1.00 e. The van der Waals surface area contributed by atoms with Crippen LogP contribution in [0.15, 0.2) is 0 Å². The first-order valence-electron chi connectivity index (χ1n) is 4.89. The van der Waals surface area contributed by atoms with Crippen molar-refractivity contribution >= 4 is 11.1 Å². The van der Waals surface area contributed by atoms with Gasteiger partial charge >= 0.3 is 70.6 Å². The molecule has 0 radical (unpaired) electrons. The molecule has 152 valence electrons. The van der Waals surface area contributed by atoms with Gasteiger partial charge in [-0.2, -0.15) is 65.9 Å². The zero-order valence-corrected chi connectivity index (χ0v) is 14.2. The summed E-state index contributed by atoms with van der Waals surface area (Å²) in [4.78, 5) is 0. The zero-order chi connectivity index (χ0) is 21.1. The molecule has 0 heterocycles. The fourth-order valence-corrected chi connectivity index (χ4v) is 1.41. The van der Waals surface area contributed by atoms with Crippen LogP contribution in [0.5, 0.6) is 0 Å². The van der Waals surface area contributed by atoms with Gasteiger partial charge in [0.05, 0.1) is 0 Å². The molecule has 0 spiro atoms. The van der Waals surface area contributed by atoms with Crippen LogP contribution in [0.4, 0.5) is 65.9 Å². The Kier molecular flexibility index (Phi) is 7.77. The molecule has 26 heavy (non-hydrogen) atoms. The molecule has 0 bridgehead atoms. The van der Waals surface area contributed by atoms with Gasteiger partial charge in [-0.15, -0.1) is 0 Å². The number of halogens is 15. The SMILES string of the molecule is O=S(O)C(F)(F)C(F)(F)C(F)(F)C(F)(F)C(F)(F)C(F)(F)C(F)(F)F.[Na+]. The average molecular weight is 457 g/mol. The number of rotatable bonds is 6. The Labute approximate surface area is 156 Å². The monoisotopic (exact) mass is 457 g/mol. The first kappa shape index (κ1) is 28.3. The third-order valence-electron chi connectivity index (χ3n) is 2.52. The first-order valence-corrected chi connectivity index (χ1v) is 5.99. The summed E-state index contributed by atoms with van der Waals surface area (Å²) < 4.78 is 204. The Balaban J connectivity index is 0. The van der Waals surface area contributed by atoms with Crippen molar-refractivity contribution in [3.8, 4) is 0 Å². The standard InChI is InChI=1S/C7HF15O2S.Na/c8-1(9,2(10,11)4(14,15)6(18,19)20)3(12,13)5(16,17)7(21,22)25(23)24;/h(H,23,24);/q;+1. The summed E-state index contributed by atoms with van der Waals surface area (Å²) in [5.41, 5.74) is 0. The van der Waals surface area contributed by atoms with E-state index in [-0.39, 0.29) is 29.6 Å². The number of alkyl halides is 15. The average Bonchev–Trinajstić information content (AvgIpc) is 2.35. The Morgan fingerprint density at radius 1 is 0.500 bits per heavy atom. The van der Waals surface area contributed by atoms with Crippen molar-refractivity contribution in [3.63, 3.8) is 0 Å². The maximum atomic E-state index is 12.8. The van der Waals surface area contributed by atoms with E-state index >= 15 is 0 Å². The minimum atomic E-state index is -8.45. The Bertz CT molecular complexity index is 541. The molecule has 0 amide bonds. The second kappa shape index (κ2) is 7.14. The van der Waals surface area contributed by atoms with E-state index in [1.807, 2.05) is 0 Å². The topological polar surface area (TPSA) is 37.3 Å². The van der Waals surface area contributed by atoms with Crippen molar-refractivity contribution in [1.82, 2.24) is 0 Å². The molecular weight excluding hydrogens is 456 g/mol. The summed E-state index contributed by atoms with van der Waals surface area (Å²) in [6, 6.07) is 0. The largest absolute Gasteiger partial charge is 1.00 e. The Morgan fingerprint density at radius 3 is 0.962 bits per heavy atom. The summed E-state index contributed by atoms with van der Waals surface area (Å²) in [5, 5.41) is -7.14. The molecular formula is C7HF15NaO2S+. The van der Waals surface area contributed by atoms with Crippen molar-refractivity contribution in [1.29, 1.82) is 0 Å². The maximum absolute atomic E-state index is 12.8. The van der Waals surface area contributed by atoms with Gasteiger partial charge in [0.15, 0.2) is 0 Å². The molecule has 19 heteroatoms. The third-order valence-corrected chi connectivity index (χ3v) is 3.21. The van der Waals surface area contributed by atoms with E-state index in [0.717, 1.165) is 0 Å². The smallest absolute Gasteiger partial charge is 0.301 e. The second-order valence-electron chi connectivity index (χ2n) is 4.14. The first-order chi connectivity index (χ1) is 10.4. The van der Waals surface area contributed by atoms with Gasteiger partial charge < -0.3 is 4.55 Å². The van der Waals surface area contributed by atoms with E-state index in [1.165, 1.54) is 0 Å². The molecule has 0 aromatic heterocycles. The van der Waals surface area contributed by atoms with Gasteiger partial charge in [-0.1, -0.05) is 0 Å². The fourth-order valence-electron chi connectivity index (χ4n) is 1.06. The van der Waals surface area contributed by atoms with E-state index in [4.69, 9.17) is 4.55 Å². The molecule has 0 saturated carbocycles. The zero-order valence-electron chi connectivity index (χ0n) is 11.4. The molecule has 0 aliphatic rings. The van der Waals surface area contributed by atoms with Crippen LogP contribution in [-0.2, 0) is 11.1 Å². The van der Waals surface area contributed by atoms with Gasteiger partial charge in [0.25, 0.3) is 0 Å². The minimum Gasteiger partial charge on any atom is -0.301 e. The summed E-state index contributed by atoms with van der Waals surface area (Å²) >= 11 is -5.44. The molecule has 0 aromatic carbocycles.